The lowest BCUT2D eigenvalue weighted by Gasteiger charge is -2.25. The van der Waals surface area contributed by atoms with E-state index in [0.717, 1.165) is 52.7 Å². The van der Waals surface area contributed by atoms with Crippen molar-refractivity contribution in [2.45, 2.75) is 37.8 Å². The number of nitrogens with zero attached hydrogens (tertiary/aromatic N) is 2. The molecule has 51 heavy (non-hydrogen) atoms. The number of hydrogen-bond acceptors (Lipinski definition) is 6. The Labute approximate surface area is 304 Å². The van der Waals surface area contributed by atoms with Gasteiger partial charge in [-0.25, -0.2) is 17.9 Å². The van der Waals surface area contributed by atoms with E-state index in [1.54, 1.807) is 19.2 Å². The Hall–Kier alpha value is -4.19. The Morgan fingerprint density at radius 1 is 0.961 bits per heavy atom. The van der Waals surface area contributed by atoms with E-state index in [-0.39, 0.29) is 29.9 Å². The van der Waals surface area contributed by atoms with E-state index >= 15 is 0 Å². The highest BCUT2D eigenvalue weighted by atomic mass is 35.5. The van der Waals surface area contributed by atoms with Crippen molar-refractivity contribution in [3.05, 3.63) is 136 Å². The summed E-state index contributed by atoms with van der Waals surface area (Å²) < 4.78 is 43.4. The van der Waals surface area contributed by atoms with Crippen molar-refractivity contribution in [3.63, 3.8) is 0 Å². The third-order valence-electron chi connectivity index (χ3n) is 9.58. The van der Waals surface area contributed by atoms with Gasteiger partial charge in [0.25, 0.3) is 0 Å². The SMILES string of the molecule is COC[C@@H]1CCCN1CCS(=O)(=O)NCCc1c(CCOc2ccc(C(=O)O)cc2)c2cc(Cl)ccc2n1C(c1ccccc1)c1ccccc1. The number of fused-ring (bicyclic) bond motifs is 1. The Morgan fingerprint density at radius 2 is 1.65 bits per heavy atom. The molecule has 0 amide bonds. The molecule has 0 bridgehead atoms. The van der Waals surface area contributed by atoms with Gasteiger partial charge in [0.2, 0.25) is 10.0 Å². The fourth-order valence-corrected chi connectivity index (χ4v) is 8.39. The van der Waals surface area contributed by atoms with Crippen LogP contribution in [0, 0.1) is 0 Å². The highest BCUT2D eigenvalue weighted by molar-refractivity contribution is 7.89. The van der Waals surface area contributed by atoms with Crippen molar-refractivity contribution in [1.29, 1.82) is 0 Å². The molecule has 0 spiro atoms. The van der Waals surface area contributed by atoms with Gasteiger partial charge < -0.3 is 19.1 Å². The number of ether oxygens (including phenoxy) is 2. The first-order valence-corrected chi connectivity index (χ1v) is 19.3. The number of aromatic carboxylic acids is 1. The summed E-state index contributed by atoms with van der Waals surface area (Å²) in [6, 6.07) is 32.9. The standard InChI is InChI=1S/C40H44ClN3O6S/c1-49-28-33-13-8-23-43(33)24-26-51(47,48)42-22-20-38-35(21-25-50-34-17-14-31(15-18-34)40(45)46)36-27-32(41)16-19-37(36)44(38)39(29-9-4-2-5-10-29)30-11-6-3-7-12-30/h2-7,9-12,14-19,27,33,39,42H,8,13,20-26,28H2,1H3,(H,45,46)/t33-/m0/s1. The van der Waals surface area contributed by atoms with Crippen LogP contribution in [0.4, 0.5) is 0 Å². The van der Waals surface area contributed by atoms with E-state index in [9.17, 15) is 18.3 Å². The summed E-state index contributed by atoms with van der Waals surface area (Å²) in [5.41, 5.74) is 5.36. The van der Waals surface area contributed by atoms with E-state index < -0.39 is 16.0 Å². The molecule has 5 aromatic rings. The van der Waals surface area contributed by atoms with Gasteiger partial charge >= 0.3 is 5.97 Å². The van der Waals surface area contributed by atoms with Crippen LogP contribution in [-0.2, 0) is 27.6 Å². The highest BCUT2D eigenvalue weighted by Gasteiger charge is 2.28. The van der Waals surface area contributed by atoms with Gasteiger partial charge in [-0.3, -0.25) is 4.90 Å². The molecule has 1 aliphatic rings. The average molecular weight is 730 g/mol. The Morgan fingerprint density at radius 3 is 2.29 bits per heavy atom. The van der Waals surface area contributed by atoms with Gasteiger partial charge in [-0.2, -0.15) is 0 Å². The number of methoxy groups -OCH3 is 1. The largest absolute Gasteiger partial charge is 0.493 e. The summed E-state index contributed by atoms with van der Waals surface area (Å²) in [5, 5.41) is 10.9. The molecule has 0 saturated carbocycles. The van der Waals surface area contributed by atoms with E-state index in [1.807, 2.05) is 54.6 Å². The summed E-state index contributed by atoms with van der Waals surface area (Å²) in [6.07, 6.45) is 3.00. The topological polar surface area (TPSA) is 110 Å². The van der Waals surface area contributed by atoms with Crippen LogP contribution < -0.4 is 9.46 Å². The first-order valence-electron chi connectivity index (χ1n) is 17.3. The number of sulfonamides is 1. The normalized spacial score (nSPS) is 15.2. The van der Waals surface area contributed by atoms with E-state index in [1.165, 1.54) is 12.1 Å². The minimum atomic E-state index is -3.56. The van der Waals surface area contributed by atoms with Gasteiger partial charge in [0.15, 0.2) is 0 Å². The molecule has 2 N–H and O–H groups in total. The van der Waals surface area contributed by atoms with Crippen molar-refractivity contribution >= 4 is 38.5 Å². The van der Waals surface area contributed by atoms with Crippen LogP contribution in [0.5, 0.6) is 5.75 Å². The number of rotatable bonds is 17. The lowest BCUT2D eigenvalue weighted by molar-refractivity contribution is 0.0697. The van der Waals surface area contributed by atoms with Gasteiger partial charge in [0.05, 0.1) is 30.6 Å². The zero-order chi connectivity index (χ0) is 35.8. The molecule has 1 atom stereocenters. The first kappa shape index (κ1) is 36.6. The number of nitrogens with one attached hydrogen (secondary N) is 1. The molecule has 4 aromatic carbocycles. The number of carboxylic acids is 1. The number of carboxylic acid groups (broad SMARTS) is 1. The maximum absolute atomic E-state index is 13.4. The summed E-state index contributed by atoms with van der Waals surface area (Å²) in [5.74, 6) is -0.415. The Bertz CT molecular complexity index is 1980. The summed E-state index contributed by atoms with van der Waals surface area (Å²) in [4.78, 5) is 13.6. The lowest BCUT2D eigenvalue weighted by Crippen LogP contribution is -2.39. The zero-order valence-electron chi connectivity index (χ0n) is 28.7. The number of halogens is 1. The molecule has 6 rings (SSSR count). The number of hydrogen-bond donors (Lipinski definition) is 2. The first-order chi connectivity index (χ1) is 24.7. The van der Waals surface area contributed by atoms with Gasteiger partial charge in [0, 0.05) is 60.7 Å². The second-order valence-corrected chi connectivity index (χ2v) is 15.2. The molecule has 1 aromatic heterocycles. The minimum absolute atomic E-state index is 0.0177. The third kappa shape index (κ3) is 9.01. The van der Waals surface area contributed by atoms with Crippen molar-refractivity contribution in [2.24, 2.45) is 0 Å². The summed E-state index contributed by atoms with van der Waals surface area (Å²) >= 11 is 6.63. The van der Waals surface area contributed by atoms with Crippen molar-refractivity contribution in [1.82, 2.24) is 14.2 Å². The second kappa shape index (κ2) is 16.9. The molecule has 0 radical (unpaired) electrons. The van der Waals surface area contributed by atoms with Gasteiger partial charge in [0.1, 0.15) is 5.75 Å². The van der Waals surface area contributed by atoms with Gasteiger partial charge in [-0.1, -0.05) is 72.3 Å². The lowest BCUT2D eigenvalue weighted by atomic mass is 9.97. The van der Waals surface area contributed by atoms with Crippen LogP contribution >= 0.6 is 11.6 Å². The number of likely N-dealkylation sites (tertiary alicyclic amines) is 1. The molecule has 1 saturated heterocycles. The maximum Gasteiger partial charge on any atom is 0.335 e. The van der Waals surface area contributed by atoms with E-state index in [2.05, 4.69) is 38.5 Å². The Kier molecular flexibility index (Phi) is 12.1. The fourth-order valence-electron chi connectivity index (χ4n) is 7.18. The summed E-state index contributed by atoms with van der Waals surface area (Å²) in [7, 11) is -1.87. The minimum Gasteiger partial charge on any atom is -0.493 e. The van der Waals surface area contributed by atoms with Crippen LogP contribution in [0.15, 0.2) is 103 Å². The van der Waals surface area contributed by atoms with Gasteiger partial charge in [-0.15, -0.1) is 0 Å². The maximum atomic E-state index is 13.4. The average Bonchev–Trinajstić information content (AvgIpc) is 3.70. The van der Waals surface area contributed by atoms with Crippen molar-refractivity contribution in [2.75, 3.05) is 45.7 Å². The molecule has 2 heterocycles. The van der Waals surface area contributed by atoms with Crippen LogP contribution in [0.3, 0.4) is 0 Å². The molecule has 9 nitrogen and oxygen atoms in total. The molecule has 11 heteroatoms. The predicted octanol–water partition coefficient (Wildman–Crippen LogP) is 6.82. The van der Waals surface area contributed by atoms with Crippen molar-refractivity contribution < 1.29 is 27.8 Å². The predicted molar refractivity (Wildman–Crippen MR) is 202 cm³/mol. The smallest absolute Gasteiger partial charge is 0.335 e. The van der Waals surface area contributed by atoms with Crippen LogP contribution in [0.25, 0.3) is 10.9 Å². The number of aromatic nitrogens is 1. The molecular formula is C40H44ClN3O6S. The monoisotopic (exact) mass is 729 g/mol. The molecule has 0 aliphatic carbocycles. The molecular weight excluding hydrogens is 686 g/mol. The third-order valence-corrected chi connectivity index (χ3v) is 11.2. The van der Waals surface area contributed by atoms with Gasteiger partial charge in [-0.05, 0) is 78.5 Å². The van der Waals surface area contributed by atoms with E-state index in [4.69, 9.17) is 21.1 Å². The molecule has 268 valence electrons. The number of carbonyl (C=O) groups is 1. The van der Waals surface area contributed by atoms with Crippen molar-refractivity contribution in [3.8, 4) is 5.75 Å². The fraction of sp³-hybridized carbons (Fsp3) is 0.325. The summed E-state index contributed by atoms with van der Waals surface area (Å²) in [6.45, 7) is 2.47. The second-order valence-electron chi connectivity index (χ2n) is 12.9. The van der Waals surface area contributed by atoms with Crippen LogP contribution in [-0.4, -0.2) is 80.7 Å². The van der Waals surface area contributed by atoms with Crippen LogP contribution in [0.2, 0.25) is 5.02 Å². The zero-order valence-corrected chi connectivity index (χ0v) is 30.3. The number of benzene rings is 4. The Balaban J connectivity index is 1.34. The van der Waals surface area contributed by atoms with Crippen LogP contribution in [0.1, 0.15) is 51.6 Å². The molecule has 1 fully saturated rings. The molecule has 0 unspecified atom stereocenters. The quantitative estimate of drug-likeness (QED) is 0.108. The van der Waals surface area contributed by atoms with E-state index in [0.29, 0.717) is 43.4 Å². The molecule has 1 aliphatic heterocycles. The highest BCUT2D eigenvalue weighted by Crippen LogP contribution is 2.38.